The van der Waals surface area contributed by atoms with Crippen LogP contribution in [0.15, 0.2) is 0 Å². The molecule has 1 aliphatic heterocycles. The zero-order valence-corrected chi connectivity index (χ0v) is 7.85. The fourth-order valence-corrected chi connectivity index (χ4v) is 1.39. The highest BCUT2D eigenvalue weighted by atomic mass is 35.5. The summed E-state index contributed by atoms with van der Waals surface area (Å²) in [5, 5.41) is 0. The maximum atomic E-state index is 10.1. The van der Waals surface area contributed by atoms with Gasteiger partial charge < -0.3 is 4.79 Å². The maximum Gasteiger partial charge on any atom is 0.133 e. The van der Waals surface area contributed by atoms with Gasteiger partial charge in [-0.05, 0) is 12.8 Å². The maximum absolute atomic E-state index is 10.1. The van der Waals surface area contributed by atoms with E-state index in [9.17, 15) is 4.79 Å². The van der Waals surface area contributed by atoms with Gasteiger partial charge in [0.2, 0.25) is 0 Å². The lowest BCUT2D eigenvalue weighted by Gasteiger charge is -2.29. The quantitative estimate of drug-likeness (QED) is 0.362. The molecule has 0 aromatic carbocycles. The molecule has 1 fully saturated rings. The van der Waals surface area contributed by atoms with Crippen LogP contribution in [0.3, 0.4) is 0 Å². The minimum Gasteiger partial charge on any atom is -0.302 e. The minimum atomic E-state index is 0. The first-order valence-electron chi connectivity index (χ1n) is 3.99. The first-order valence-corrected chi connectivity index (χ1v) is 3.99. The van der Waals surface area contributed by atoms with E-state index in [1.807, 2.05) is 0 Å². The van der Waals surface area contributed by atoms with E-state index >= 15 is 0 Å². The predicted molar refractivity (Wildman–Crippen MR) is 50.1 cm³/mol. The van der Waals surface area contributed by atoms with Gasteiger partial charge >= 0.3 is 0 Å². The molecule has 3 N–H and O–H groups in total. The molecule has 0 aromatic heterocycles. The average molecular weight is 194 g/mol. The van der Waals surface area contributed by atoms with Crippen molar-refractivity contribution in [2.75, 3.05) is 19.6 Å². The molecule has 1 heterocycles. The monoisotopic (exact) mass is 193 g/mol. The Kier molecular flexibility index (Phi) is 6.28. The number of aldehydes is 1. The Bertz CT molecular complexity index is 126. The summed E-state index contributed by atoms with van der Waals surface area (Å²) in [6, 6.07) is 0.443. The van der Waals surface area contributed by atoms with Crippen LogP contribution < -0.4 is 11.3 Å². The first-order chi connectivity index (χ1) is 5.36. The van der Waals surface area contributed by atoms with E-state index < -0.39 is 0 Å². The number of piperidine rings is 1. The van der Waals surface area contributed by atoms with Crippen molar-refractivity contribution in [3.63, 3.8) is 0 Å². The third kappa shape index (κ3) is 3.49. The van der Waals surface area contributed by atoms with Gasteiger partial charge in [-0.15, -0.1) is 12.4 Å². The normalized spacial score (nSPS) is 20.1. The van der Waals surface area contributed by atoms with Gasteiger partial charge in [-0.2, -0.15) is 0 Å². The molecule has 1 aliphatic rings. The standard InChI is InChI=1S/C7H15N3O.ClH/c8-9-7-1-3-10(4-2-7)5-6-11;/h6-7,9H,1-5,8H2;1H. The second kappa shape index (κ2) is 6.37. The van der Waals surface area contributed by atoms with Crippen molar-refractivity contribution in [2.45, 2.75) is 18.9 Å². The number of nitrogens with two attached hydrogens (primary N) is 1. The van der Waals surface area contributed by atoms with E-state index in [-0.39, 0.29) is 12.4 Å². The number of carbonyl (C=O) groups excluding carboxylic acids is 1. The molecule has 1 saturated heterocycles. The Morgan fingerprint density at radius 1 is 1.50 bits per heavy atom. The van der Waals surface area contributed by atoms with Crippen LogP contribution in [0.25, 0.3) is 0 Å². The van der Waals surface area contributed by atoms with E-state index in [1.165, 1.54) is 0 Å². The van der Waals surface area contributed by atoms with E-state index in [2.05, 4.69) is 10.3 Å². The van der Waals surface area contributed by atoms with Gasteiger partial charge in [0.05, 0.1) is 6.54 Å². The molecule has 0 saturated carbocycles. The van der Waals surface area contributed by atoms with Gasteiger partial charge in [0.15, 0.2) is 0 Å². The molecule has 0 amide bonds. The van der Waals surface area contributed by atoms with Crippen LogP contribution >= 0.6 is 12.4 Å². The number of rotatable bonds is 3. The van der Waals surface area contributed by atoms with Gasteiger partial charge in [-0.3, -0.25) is 16.2 Å². The number of carbonyl (C=O) groups is 1. The van der Waals surface area contributed by atoms with E-state index in [0.717, 1.165) is 32.2 Å². The zero-order chi connectivity index (χ0) is 8.10. The molecular formula is C7H16ClN3O. The summed E-state index contributed by atoms with van der Waals surface area (Å²) in [7, 11) is 0. The molecule has 5 heteroatoms. The van der Waals surface area contributed by atoms with Crippen LogP contribution in [0.5, 0.6) is 0 Å². The Labute approximate surface area is 78.9 Å². The Morgan fingerprint density at radius 3 is 2.50 bits per heavy atom. The van der Waals surface area contributed by atoms with Crippen molar-refractivity contribution >= 4 is 18.7 Å². The molecular weight excluding hydrogens is 178 g/mol. The van der Waals surface area contributed by atoms with Crippen molar-refractivity contribution in [2.24, 2.45) is 5.84 Å². The van der Waals surface area contributed by atoms with Crippen LogP contribution in [0.1, 0.15) is 12.8 Å². The molecule has 0 atom stereocenters. The fraction of sp³-hybridized carbons (Fsp3) is 0.857. The Morgan fingerprint density at radius 2 is 2.08 bits per heavy atom. The summed E-state index contributed by atoms with van der Waals surface area (Å²) in [5.41, 5.74) is 2.75. The molecule has 4 nitrogen and oxygen atoms in total. The first kappa shape index (κ1) is 11.8. The minimum absolute atomic E-state index is 0. The van der Waals surface area contributed by atoms with Crippen molar-refractivity contribution in [1.29, 1.82) is 0 Å². The average Bonchev–Trinajstić information content (AvgIpc) is 2.07. The van der Waals surface area contributed by atoms with Crippen molar-refractivity contribution in [3.05, 3.63) is 0 Å². The third-order valence-electron chi connectivity index (χ3n) is 2.16. The molecule has 0 bridgehead atoms. The zero-order valence-electron chi connectivity index (χ0n) is 7.03. The second-order valence-corrected chi connectivity index (χ2v) is 2.91. The highest BCUT2D eigenvalue weighted by molar-refractivity contribution is 5.85. The molecule has 12 heavy (non-hydrogen) atoms. The van der Waals surface area contributed by atoms with E-state index in [4.69, 9.17) is 5.84 Å². The summed E-state index contributed by atoms with van der Waals surface area (Å²) in [6.45, 7) is 2.53. The summed E-state index contributed by atoms with van der Waals surface area (Å²) < 4.78 is 0. The molecule has 72 valence electrons. The number of hydrazine groups is 1. The lowest BCUT2D eigenvalue weighted by Crippen LogP contribution is -2.45. The number of likely N-dealkylation sites (tertiary alicyclic amines) is 1. The summed E-state index contributed by atoms with van der Waals surface area (Å²) in [5.74, 6) is 5.28. The van der Waals surface area contributed by atoms with E-state index in [1.54, 1.807) is 0 Å². The van der Waals surface area contributed by atoms with Crippen LogP contribution in [0.2, 0.25) is 0 Å². The highest BCUT2D eigenvalue weighted by Gasteiger charge is 2.16. The summed E-state index contributed by atoms with van der Waals surface area (Å²) in [4.78, 5) is 12.3. The van der Waals surface area contributed by atoms with Crippen molar-refractivity contribution in [3.8, 4) is 0 Å². The number of nitrogens with one attached hydrogen (secondary N) is 1. The topological polar surface area (TPSA) is 58.4 Å². The number of hydrogen-bond acceptors (Lipinski definition) is 4. The fourth-order valence-electron chi connectivity index (χ4n) is 1.39. The molecule has 0 aromatic rings. The van der Waals surface area contributed by atoms with Gasteiger partial charge in [-0.1, -0.05) is 0 Å². The van der Waals surface area contributed by atoms with Crippen LogP contribution in [0.4, 0.5) is 0 Å². The van der Waals surface area contributed by atoms with Gasteiger partial charge in [0.1, 0.15) is 6.29 Å². The lowest BCUT2D eigenvalue weighted by atomic mass is 10.1. The SMILES string of the molecule is Cl.NNC1CCN(CC=O)CC1. The van der Waals surface area contributed by atoms with Gasteiger partial charge in [-0.25, -0.2) is 0 Å². The summed E-state index contributed by atoms with van der Waals surface area (Å²) in [6.07, 6.45) is 3.05. The van der Waals surface area contributed by atoms with Gasteiger partial charge in [0, 0.05) is 19.1 Å². The number of halogens is 1. The van der Waals surface area contributed by atoms with Gasteiger partial charge in [0.25, 0.3) is 0 Å². The number of hydrogen-bond donors (Lipinski definition) is 2. The second-order valence-electron chi connectivity index (χ2n) is 2.91. The molecule has 0 unspecified atom stereocenters. The lowest BCUT2D eigenvalue weighted by molar-refractivity contribution is -0.109. The third-order valence-corrected chi connectivity index (χ3v) is 2.16. The summed E-state index contributed by atoms with van der Waals surface area (Å²) >= 11 is 0. The predicted octanol–water partition coefficient (Wildman–Crippen LogP) is -0.465. The smallest absolute Gasteiger partial charge is 0.133 e. The van der Waals surface area contributed by atoms with Crippen molar-refractivity contribution < 1.29 is 4.79 Å². The Balaban J connectivity index is 0.00000121. The molecule has 0 aliphatic carbocycles. The Hall–Kier alpha value is -0.160. The van der Waals surface area contributed by atoms with Crippen LogP contribution in [-0.2, 0) is 4.79 Å². The number of nitrogens with zero attached hydrogens (tertiary/aromatic N) is 1. The highest BCUT2D eigenvalue weighted by Crippen LogP contribution is 2.07. The molecule has 0 radical (unpaired) electrons. The van der Waals surface area contributed by atoms with Crippen LogP contribution in [0, 0.1) is 0 Å². The van der Waals surface area contributed by atoms with E-state index in [0.29, 0.717) is 12.6 Å². The molecule has 0 spiro atoms. The molecule has 1 rings (SSSR count). The van der Waals surface area contributed by atoms with Crippen molar-refractivity contribution in [1.82, 2.24) is 10.3 Å². The largest absolute Gasteiger partial charge is 0.302 e. The van der Waals surface area contributed by atoms with Crippen LogP contribution in [-0.4, -0.2) is 36.9 Å².